The number of sulfone groups is 1. The minimum atomic E-state index is -3.31. The average Bonchev–Trinajstić information content (AvgIpc) is 3.34. The maximum atomic E-state index is 13.3. The van der Waals surface area contributed by atoms with Crippen LogP contribution in [0.2, 0.25) is 0 Å². The number of anilines is 1. The van der Waals surface area contributed by atoms with Crippen molar-refractivity contribution in [1.29, 1.82) is 0 Å². The molecule has 0 radical (unpaired) electrons. The van der Waals surface area contributed by atoms with Crippen LogP contribution in [0.4, 0.5) is 5.69 Å². The maximum absolute atomic E-state index is 13.3. The highest BCUT2D eigenvalue weighted by molar-refractivity contribution is 7.92. The first kappa shape index (κ1) is 19.8. The third-order valence-corrected chi connectivity index (χ3v) is 8.41. The predicted octanol–water partition coefficient (Wildman–Crippen LogP) is 5.28. The van der Waals surface area contributed by atoms with Gasteiger partial charge in [0, 0.05) is 16.8 Å². The Hall–Kier alpha value is -3.12. The first-order chi connectivity index (χ1) is 15.0. The monoisotopic (exact) mass is 433 g/mol. The van der Waals surface area contributed by atoms with Crippen LogP contribution in [-0.4, -0.2) is 19.6 Å². The molecule has 3 aromatic carbocycles. The second kappa shape index (κ2) is 7.85. The molecule has 2 aliphatic rings. The number of amides is 1. The Balaban J connectivity index is 1.41. The van der Waals surface area contributed by atoms with E-state index in [2.05, 4.69) is 5.32 Å². The molecule has 31 heavy (non-hydrogen) atoms. The van der Waals surface area contributed by atoms with Crippen molar-refractivity contribution in [2.24, 2.45) is 0 Å². The summed E-state index contributed by atoms with van der Waals surface area (Å²) in [4.78, 5) is 13.6. The number of carbonyl (C=O) groups excluding carboxylic acids is 1. The lowest BCUT2D eigenvalue weighted by Gasteiger charge is -2.27. The van der Waals surface area contributed by atoms with Crippen LogP contribution in [-0.2, 0) is 14.6 Å². The summed E-state index contributed by atoms with van der Waals surface area (Å²) in [6.45, 7) is 0. The molecular formula is C25H23NO4S. The molecule has 0 unspecified atom stereocenters. The smallest absolute Gasteiger partial charge is 0.236 e. The van der Waals surface area contributed by atoms with Crippen LogP contribution in [0.5, 0.6) is 11.5 Å². The highest BCUT2D eigenvalue weighted by Gasteiger charge is 2.33. The van der Waals surface area contributed by atoms with Crippen LogP contribution < -0.4 is 10.1 Å². The summed E-state index contributed by atoms with van der Waals surface area (Å²) in [6, 6.07) is 21.6. The predicted molar refractivity (Wildman–Crippen MR) is 119 cm³/mol. The Morgan fingerprint density at radius 2 is 1.35 bits per heavy atom. The fraction of sp³-hybridized carbons (Fsp3) is 0.240. The van der Waals surface area contributed by atoms with Gasteiger partial charge in [-0.2, -0.15) is 0 Å². The number of para-hydroxylation sites is 2. The topological polar surface area (TPSA) is 72.5 Å². The molecule has 5 rings (SSSR count). The van der Waals surface area contributed by atoms with Crippen molar-refractivity contribution < 1.29 is 17.9 Å². The molecule has 0 saturated heterocycles. The zero-order valence-electron chi connectivity index (χ0n) is 17.0. The van der Waals surface area contributed by atoms with E-state index in [1.807, 2.05) is 48.5 Å². The molecule has 158 valence electrons. The summed E-state index contributed by atoms with van der Waals surface area (Å²) < 4.78 is 31.5. The van der Waals surface area contributed by atoms with Crippen LogP contribution in [0, 0.1) is 0 Å². The number of benzene rings is 3. The summed E-state index contributed by atoms with van der Waals surface area (Å²) in [5.74, 6) is 0.636. The number of nitrogens with one attached hydrogen (secondary N) is 1. The van der Waals surface area contributed by atoms with Gasteiger partial charge in [0.25, 0.3) is 0 Å². The summed E-state index contributed by atoms with van der Waals surface area (Å²) in [5, 5.41) is 2.66. The lowest BCUT2D eigenvalue weighted by atomic mass is 9.87. The second-order valence-corrected chi connectivity index (χ2v) is 10.3. The molecule has 1 aliphatic heterocycles. The number of rotatable bonds is 4. The Bertz CT molecular complexity index is 1180. The van der Waals surface area contributed by atoms with Gasteiger partial charge in [0.15, 0.2) is 9.84 Å². The van der Waals surface area contributed by atoms with Gasteiger partial charge in [-0.3, -0.25) is 4.79 Å². The van der Waals surface area contributed by atoms with E-state index >= 15 is 0 Å². The summed E-state index contributed by atoms with van der Waals surface area (Å²) in [6.07, 6.45) is 3.38. The van der Waals surface area contributed by atoms with Gasteiger partial charge in [0.2, 0.25) is 5.91 Å². The molecule has 1 saturated carbocycles. The van der Waals surface area contributed by atoms with E-state index in [9.17, 15) is 13.2 Å². The van der Waals surface area contributed by atoms with Crippen molar-refractivity contribution in [2.45, 2.75) is 41.7 Å². The van der Waals surface area contributed by atoms with E-state index in [1.165, 1.54) is 0 Å². The van der Waals surface area contributed by atoms with E-state index in [1.54, 1.807) is 24.3 Å². The standard InChI is InChI=1S/C25H23NO4S/c27-25(24-20-9-3-5-11-22(20)30-23-12-6-4-10-21(23)24)26-17-13-15-19(16-14-17)31(28,29)18-7-1-2-8-18/h3-6,9-16,18,24H,1-2,7-8H2,(H,26,27). The lowest BCUT2D eigenvalue weighted by molar-refractivity contribution is -0.116. The Kier molecular flexibility index (Phi) is 5.02. The van der Waals surface area contributed by atoms with Crippen molar-refractivity contribution in [3.8, 4) is 11.5 Å². The molecule has 1 N–H and O–H groups in total. The minimum Gasteiger partial charge on any atom is -0.457 e. The van der Waals surface area contributed by atoms with E-state index < -0.39 is 15.8 Å². The third kappa shape index (κ3) is 3.61. The molecule has 5 nitrogen and oxygen atoms in total. The lowest BCUT2D eigenvalue weighted by Crippen LogP contribution is -2.25. The normalized spacial score (nSPS) is 16.3. The van der Waals surface area contributed by atoms with Crippen LogP contribution in [0.3, 0.4) is 0 Å². The van der Waals surface area contributed by atoms with Gasteiger partial charge < -0.3 is 10.1 Å². The molecule has 0 spiro atoms. The van der Waals surface area contributed by atoms with Crippen LogP contribution in [0.15, 0.2) is 77.7 Å². The SMILES string of the molecule is O=C(Nc1ccc(S(=O)(=O)C2CCCC2)cc1)C1c2ccccc2Oc2ccccc21. The number of carbonyl (C=O) groups is 1. The second-order valence-electron chi connectivity index (χ2n) is 8.08. The Morgan fingerprint density at radius 3 is 1.94 bits per heavy atom. The van der Waals surface area contributed by atoms with E-state index in [0.29, 0.717) is 22.1 Å². The van der Waals surface area contributed by atoms with Crippen LogP contribution in [0.1, 0.15) is 42.7 Å². The quantitative estimate of drug-likeness (QED) is 0.608. The Morgan fingerprint density at radius 1 is 0.806 bits per heavy atom. The van der Waals surface area contributed by atoms with Crippen molar-refractivity contribution in [2.75, 3.05) is 5.32 Å². The summed E-state index contributed by atoms with van der Waals surface area (Å²) in [5.41, 5.74) is 2.18. The van der Waals surface area contributed by atoms with Gasteiger partial charge in [-0.15, -0.1) is 0 Å². The van der Waals surface area contributed by atoms with Crippen molar-refractivity contribution >= 4 is 21.4 Å². The fourth-order valence-corrected chi connectivity index (χ4v) is 6.38. The number of hydrogen-bond donors (Lipinski definition) is 1. The van der Waals surface area contributed by atoms with Gasteiger partial charge in [-0.05, 0) is 49.2 Å². The summed E-state index contributed by atoms with van der Waals surface area (Å²) in [7, 11) is -3.31. The minimum absolute atomic E-state index is 0.186. The average molecular weight is 434 g/mol. The number of hydrogen-bond acceptors (Lipinski definition) is 4. The zero-order valence-corrected chi connectivity index (χ0v) is 17.8. The van der Waals surface area contributed by atoms with Gasteiger partial charge in [0.05, 0.1) is 16.1 Å². The number of ether oxygens (including phenoxy) is 1. The van der Waals surface area contributed by atoms with E-state index in [0.717, 1.165) is 36.8 Å². The van der Waals surface area contributed by atoms with Gasteiger partial charge in [0.1, 0.15) is 11.5 Å². The van der Waals surface area contributed by atoms with Crippen LogP contribution >= 0.6 is 0 Å². The highest BCUT2D eigenvalue weighted by Crippen LogP contribution is 2.44. The molecular weight excluding hydrogens is 410 g/mol. The molecule has 1 fully saturated rings. The van der Waals surface area contributed by atoms with Crippen LogP contribution in [0.25, 0.3) is 0 Å². The molecule has 1 amide bonds. The van der Waals surface area contributed by atoms with Gasteiger partial charge in [-0.25, -0.2) is 8.42 Å². The molecule has 0 aromatic heterocycles. The van der Waals surface area contributed by atoms with Gasteiger partial charge >= 0.3 is 0 Å². The molecule has 6 heteroatoms. The summed E-state index contributed by atoms with van der Waals surface area (Å²) >= 11 is 0. The third-order valence-electron chi connectivity index (χ3n) is 6.13. The molecule has 0 atom stereocenters. The highest BCUT2D eigenvalue weighted by atomic mass is 32.2. The molecule has 1 aliphatic carbocycles. The number of fused-ring (bicyclic) bond motifs is 2. The largest absolute Gasteiger partial charge is 0.457 e. The first-order valence-corrected chi connectivity index (χ1v) is 12.1. The van der Waals surface area contributed by atoms with Crippen molar-refractivity contribution in [3.05, 3.63) is 83.9 Å². The van der Waals surface area contributed by atoms with E-state index in [4.69, 9.17) is 4.74 Å². The zero-order chi connectivity index (χ0) is 21.4. The van der Waals surface area contributed by atoms with Crippen molar-refractivity contribution in [1.82, 2.24) is 0 Å². The van der Waals surface area contributed by atoms with E-state index in [-0.39, 0.29) is 11.2 Å². The molecule has 0 bridgehead atoms. The van der Waals surface area contributed by atoms with Gasteiger partial charge in [-0.1, -0.05) is 49.2 Å². The molecule has 1 heterocycles. The fourth-order valence-electron chi connectivity index (χ4n) is 4.53. The van der Waals surface area contributed by atoms with Crippen molar-refractivity contribution in [3.63, 3.8) is 0 Å². The Labute approximate surface area is 182 Å². The maximum Gasteiger partial charge on any atom is 0.236 e. The first-order valence-electron chi connectivity index (χ1n) is 10.5. The molecule has 3 aromatic rings.